The molecule has 156 valence electrons. The number of rotatable bonds is 6. The molecule has 2 aliphatic carbocycles. The summed E-state index contributed by atoms with van der Waals surface area (Å²) < 4.78 is 22.2. The minimum Gasteiger partial charge on any atom is -0.493 e. The summed E-state index contributed by atoms with van der Waals surface area (Å²) in [4.78, 5) is 0. The van der Waals surface area contributed by atoms with Crippen LogP contribution in [-0.4, -0.2) is 38.8 Å². The van der Waals surface area contributed by atoms with Crippen LogP contribution in [0, 0.1) is 0 Å². The van der Waals surface area contributed by atoms with Crippen LogP contribution in [0.25, 0.3) is 0 Å². The summed E-state index contributed by atoms with van der Waals surface area (Å²) in [6, 6.07) is 4.31. The number of methoxy groups -OCH3 is 1. The molecule has 0 aromatic heterocycles. The number of benzene rings is 1. The van der Waals surface area contributed by atoms with E-state index >= 15 is 0 Å². The molecule has 0 bridgehead atoms. The van der Waals surface area contributed by atoms with Crippen molar-refractivity contribution in [2.45, 2.75) is 82.6 Å². The molecule has 1 saturated heterocycles. The normalized spacial score (nSPS) is 32.8. The Morgan fingerprint density at radius 3 is 2.46 bits per heavy atom. The lowest BCUT2D eigenvalue weighted by molar-refractivity contribution is -0.143. The van der Waals surface area contributed by atoms with Crippen molar-refractivity contribution >= 4 is 0 Å². The maximum atomic E-state index is 6.18. The van der Waals surface area contributed by atoms with Crippen molar-refractivity contribution in [2.24, 2.45) is 0 Å². The Labute approximate surface area is 169 Å². The Hall–Kier alpha value is -1.30. The van der Waals surface area contributed by atoms with E-state index in [1.807, 2.05) is 6.92 Å². The van der Waals surface area contributed by atoms with E-state index in [1.165, 1.54) is 36.8 Å². The first-order valence-electron chi connectivity index (χ1n) is 10.9. The van der Waals surface area contributed by atoms with E-state index in [2.05, 4.69) is 38.2 Å². The van der Waals surface area contributed by atoms with Crippen molar-refractivity contribution in [1.29, 1.82) is 0 Å². The molecule has 3 unspecified atom stereocenters. The van der Waals surface area contributed by atoms with Crippen molar-refractivity contribution in [2.75, 3.05) is 26.9 Å². The van der Waals surface area contributed by atoms with E-state index in [4.69, 9.17) is 18.9 Å². The van der Waals surface area contributed by atoms with Crippen molar-refractivity contribution in [3.8, 4) is 11.5 Å². The van der Waals surface area contributed by atoms with Gasteiger partial charge in [-0.3, -0.25) is 0 Å². The lowest BCUT2D eigenvalue weighted by Gasteiger charge is -2.67. The van der Waals surface area contributed by atoms with Crippen LogP contribution >= 0.6 is 0 Å². The molecule has 5 rings (SSSR count). The van der Waals surface area contributed by atoms with Crippen molar-refractivity contribution < 1.29 is 18.9 Å². The van der Waals surface area contributed by atoms with Gasteiger partial charge in [0, 0.05) is 5.56 Å². The van der Waals surface area contributed by atoms with Crippen LogP contribution in [0.15, 0.2) is 12.1 Å². The number of hydrogen-bond acceptors (Lipinski definition) is 5. The van der Waals surface area contributed by atoms with Crippen LogP contribution in [0.2, 0.25) is 0 Å². The summed E-state index contributed by atoms with van der Waals surface area (Å²) in [5.41, 5.74) is 3.27. The topological polar surface area (TPSA) is 49.0 Å². The van der Waals surface area contributed by atoms with Crippen molar-refractivity contribution in [3.63, 3.8) is 0 Å². The molecule has 3 atom stereocenters. The summed E-state index contributed by atoms with van der Waals surface area (Å²) in [5, 5.41) is 3.86. The zero-order chi connectivity index (χ0) is 20.0. The molecule has 0 amide bonds. The third-order valence-electron chi connectivity index (χ3n) is 7.39. The summed E-state index contributed by atoms with van der Waals surface area (Å²) in [6.07, 6.45) is 6.15. The maximum absolute atomic E-state index is 6.18. The van der Waals surface area contributed by atoms with Crippen LogP contribution in [0.1, 0.15) is 70.9 Å². The molecule has 1 aromatic rings. The molecule has 2 fully saturated rings. The second kappa shape index (κ2) is 7.19. The quantitative estimate of drug-likeness (QED) is 0.737. The highest BCUT2D eigenvalue weighted by molar-refractivity contribution is 5.71. The fourth-order valence-corrected chi connectivity index (χ4v) is 5.55. The van der Waals surface area contributed by atoms with Gasteiger partial charge in [0.05, 0.1) is 31.3 Å². The van der Waals surface area contributed by atoms with Gasteiger partial charge in [-0.05, 0) is 57.7 Å². The lowest BCUT2D eigenvalue weighted by atomic mass is 9.39. The highest BCUT2D eigenvalue weighted by atomic mass is 16.7. The van der Waals surface area contributed by atoms with Crippen LogP contribution in [0.5, 0.6) is 11.5 Å². The first kappa shape index (κ1) is 20.0. The summed E-state index contributed by atoms with van der Waals surface area (Å²) in [5.74, 6) is 1.63. The van der Waals surface area contributed by atoms with E-state index in [-0.39, 0.29) is 22.8 Å². The van der Waals surface area contributed by atoms with E-state index in [1.54, 1.807) is 7.11 Å². The van der Waals surface area contributed by atoms with Crippen molar-refractivity contribution in [1.82, 2.24) is 5.32 Å². The second-order valence-corrected chi connectivity index (χ2v) is 8.62. The van der Waals surface area contributed by atoms with Gasteiger partial charge in [0.1, 0.15) is 6.10 Å². The average Bonchev–Trinajstić information content (AvgIpc) is 3.26. The van der Waals surface area contributed by atoms with E-state index < -0.39 is 0 Å². The molecule has 0 radical (unpaired) electrons. The number of ether oxygens (including phenoxy) is 4. The molecule has 2 heterocycles. The number of unbranched alkanes of at least 4 members (excludes halogenated alkanes) is 1. The van der Waals surface area contributed by atoms with E-state index in [0.29, 0.717) is 0 Å². The van der Waals surface area contributed by atoms with Crippen LogP contribution in [0.3, 0.4) is 0 Å². The molecule has 28 heavy (non-hydrogen) atoms. The molecule has 4 aliphatic rings. The summed E-state index contributed by atoms with van der Waals surface area (Å²) >= 11 is 0. The highest BCUT2D eigenvalue weighted by Gasteiger charge is 2.75. The molecule has 5 heteroatoms. The van der Waals surface area contributed by atoms with E-state index in [9.17, 15) is 0 Å². The Morgan fingerprint density at radius 2 is 1.93 bits per heavy atom. The van der Waals surface area contributed by atoms with Gasteiger partial charge in [0.2, 0.25) is 0 Å². The molecule has 1 saturated carbocycles. The van der Waals surface area contributed by atoms with Gasteiger partial charge in [-0.25, -0.2) is 0 Å². The zero-order valence-corrected chi connectivity index (χ0v) is 18.0. The van der Waals surface area contributed by atoms with Gasteiger partial charge in [-0.2, -0.15) is 0 Å². The first-order chi connectivity index (χ1) is 13.5. The Balaban J connectivity index is 0.000000203. The average molecular weight is 390 g/mol. The standard InChI is InChI=1S/C17H23NO2.C6H12O2/c1-4-5-10-18-17-9-8-16(17)11(2)20-15-13(19-3)7-6-12(17)14(15)16;1-3-6(2)7-4-5-8-6/h6-7,11,18H,4-5,8-10H2,1-3H3;3-5H2,1-2H3. The molecule has 2 aliphatic heterocycles. The summed E-state index contributed by atoms with van der Waals surface area (Å²) in [6.45, 7) is 11.1. The number of hydrogen-bond donors (Lipinski definition) is 1. The predicted octanol–water partition coefficient (Wildman–Crippen LogP) is 4.27. The molecule has 1 aromatic carbocycles. The van der Waals surface area contributed by atoms with Crippen LogP contribution in [0.4, 0.5) is 0 Å². The zero-order valence-electron chi connectivity index (χ0n) is 18.0. The maximum Gasteiger partial charge on any atom is 0.165 e. The van der Waals surface area contributed by atoms with Gasteiger partial charge in [-0.15, -0.1) is 0 Å². The first-order valence-corrected chi connectivity index (χ1v) is 10.9. The third kappa shape index (κ3) is 2.55. The molecule has 1 N–H and O–H groups in total. The van der Waals surface area contributed by atoms with Gasteiger partial charge in [0.15, 0.2) is 17.3 Å². The largest absolute Gasteiger partial charge is 0.493 e. The Morgan fingerprint density at radius 1 is 1.18 bits per heavy atom. The SMILES string of the molecule is CCC1(C)OCCO1.CCCCNC12CCC13c1c2ccc(OC)c1OC3C. The van der Waals surface area contributed by atoms with Gasteiger partial charge < -0.3 is 24.3 Å². The number of nitrogens with one attached hydrogen (secondary N) is 1. The number of fused-ring (bicyclic) bond motifs is 1. The minimum absolute atomic E-state index is 0.175. The van der Waals surface area contributed by atoms with Gasteiger partial charge in [-0.1, -0.05) is 26.3 Å². The van der Waals surface area contributed by atoms with Crippen LogP contribution < -0.4 is 14.8 Å². The van der Waals surface area contributed by atoms with Gasteiger partial charge in [0.25, 0.3) is 0 Å². The summed E-state index contributed by atoms with van der Waals surface area (Å²) in [7, 11) is 1.73. The van der Waals surface area contributed by atoms with Gasteiger partial charge >= 0.3 is 0 Å². The van der Waals surface area contributed by atoms with Crippen LogP contribution in [-0.2, 0) is 20.4 Å². The minimum atomic E-state index is -0.264. The molecular formula is C23H35NO4. The fourth-order valence-electron chi connectivity index (χ4n) is 5.55. The lowest BCUT2D eigenvalue weighted by Crippen LogP contribution is -2.75. The second-order valence-electron chi connectivity index (χ2n) is 8.62. The van der Waals surface area contributed by atoms with Crippen molar-refractivity contribution in [3.05, 3.63) is 23.3 Å². The fraction of sp³-hybridized carbons (Fsp3) is 0.739. The highest BCUT2D eigenvalue weighted by Crippen LogP contribution is 2.74. The predicted molar refractivity (Wildman–Crippen MR) is 109 cm³/mol. The molecular weight excluding hydrogens is 354 g/mol. The molecule has 1 spiro atoms. The molecule has 5 nitrogen and oxygen atoms in total. The Kier molecular flexibility index (Phi) is 5.13. The third-order valence-corrected chi connectivity index (χ3v) is 7.39. The Bertz CT molecular complexity index is 730. The van der Waals surface area contributed by atoms with E-state index in [0.717, 1.165) is 37.7 Å². The smallest absolute Gasteiger partial charge is 0.165 e. The monoisotopic (exact) mass is 389 g/mol.